The molecular weight excluding hydrogens is 310 g/mol. The quantitative estimate of drug-likeness (QED) is 0.724. The largest absolute Gasteiger partial charge is 0.395 e. The summed E-state index contributed by atoms with van der Waals surface area (Å²) < 4.78 is 5.36. The van der Waals surface area contributed by atoms with E-state index in [9.17, 15) is 9.59 Å². The number of carbonyl (C=O) groups is 2. The van der Waals surface area contributed by atoms with Gasteiger partial charge in [-0.15, -0.1) is 0 Å². The molecule has 1 saturated heterocycles. The minimum atomic E-state index is -0.407. The summed E-state index contributed by atoms with van der Waals surface area (Å²) in [5.74, 6) is -0.808. The van der Waals surface area contributed by atoms with Crippen LogP contribution in [0.4, 0.5) is 5.69 Å². The van der Waals surface area contributed by atoms with Gasteiger partial charge in [0.25, 0.3) is 11.8 Å². The average Bonchev–Trinajstić information content (AvgIpc) is 2.85. The predicted octanol–water partition coefficient (Wildman–Crippen LogP) is 0.176. The van der Waals surface area contributed by atoms with Gasteiger partial charge in [-0.25, -0.2) is 0 Å². The molecule has 1 aromatic rings. The van der Waals surface area contributed by atoms with Crippen LogP contribution in [0.3, 0.4) is 0 Å². The number of hydrogen-bond acceptors (Lipinski definition) is 6. The van der Waals surface area contributed by atoms with Crippen LogP contribution in [0.25, 0.3) is 0 Å². The summed E-state index contributed by atoms with van der Waals surface area (Å²) in [7, 11) is 0. The van der Waals surface area contributed by atoms with Gasteiger partial charge in [0.05, 0.1) is 26.4 Å². The first-order valence-electron chi connectivity index (χ1n) is 8.02. The highest BCUT2D eigenvalue weighted by Gasteiger charge is 2.30. The van der Waals surface area contributed by atoms with Crippen LogP contribution in [0.15, 0.2) is 36.0 Å². The van der Waals surface area contributed by atoms with E-state index in [1.807, 2.05) is 24.3 Å². The Bertz CT molecular complexity index is 653. The third kappa shape index (κ3) is 3.64. The molecule has 2 heterocycles. The Hall–Kier alpha value is -2.22. The van der Waals surface area contributed by atoms with Crippen LogP contribution >= 0.6 is 0 Å². The number of amides is 2. The maximum atomic E-state index is 12.2. The van der Waals surface area contributed by atoms with E-state index < -0.39 is 11.8 Å². The highest BCUT2D eigenvalue weighted by Crippen LogP contribution is 2.22. The van der Waals surface area contributed by atoms with Gasteiger partial charge >= 0.3 is 0 Å². The molecule has 0 bridgehead atoms. The van der Waals surface area contributed by atoms with Gasteiger partial charge in [-0.05, 0) is 11.6 Å². The van der Waals surface area contributed by atoms with Crippen molar-refractivity contribution in [2.75, 3.05) is 44.8 Å². The molecule has 3 rings (SSSR count). The summed E-state index contributed by atoms with van der Waals surface area (Å²) in [6, 6.07) is 7.74. The lowest BCUT2D eigenvalue weighted by atomic mass is 10.1. The second-order valence-corrected chi connectivity index (χ2v) is 5.75. The van der Waals surface area contributed by atoms with E-state index in [1.165, 1.54) is 6.08 Å². The number of benzene rings is 1. The van der Waals surface area contributed by atoms with E-state index in [-0.39, 0.29) is 18.8 Å². The van der Waals surface area contributed by atoms with E-state index in [1.54, 1.807) is 0 Å². The van der Waals surface area contributed by atoms with Crippen LogP contribution in [-0.2, 0) is 20.9 Å². The predicted molar refractivity (Wildman–Crippen MR) is 88.0 cm³/mol. The zero-order valence-electron chi connectivity index (χ0n) is 13.4. The van der Waals surface area contributed by atoms with E-state index in [2.05, 4.69) is 10.2 Å². The Labute approximate surface area is 140 Å². The van der Waals surface area contributed by atoms with Crippen molar-refractivity contribution in [1.82, 2.24) is 9.80 Å². The molecule has 0 radical (unpaired) electrons. The van der Waals surface area contributed by atoms with Crippen LogP contribution in [0.2, 0.25) is 0 Å². The fourth-order valence-electron chi connectivity index (χ4n) is 2.84. The first-order chi connectivity index (χ1) is 11.7. The van der Waals surface area contributed by atoms with Gasteiger partial charge in [0, 0.05) is 31.4 Å². The molecule has 0 aliphatic carbocycles. The zero-order chi connectivity index (χ0) is 16.9. The SMILES string of the molecule is O=C1C=C(Nc2ccccc2CN2CCOCC2)C(=O)N1CCO. The minimum absolute atomic E-state index is 0.00870. The topological polar surface area (TPSA) is 82.1 Å². The summed E-state index contributed by atoms with van der Waals surface area (Å²) in [5.41, 5.74) is 2.10. The molecule has 2 aliphatic heterocycles. The number of nitrogens with zero attached hydrogens (tertiary/aromatic N) is 2. The molecule has 2 amide bonds. The molecule has 0 spiro atoms. The van der Waals surface area contributed by atoms with Crippen molar-refractivity contribution in [3.05, 3.63) is 41.6 Å². The second kappa shape index (κ2) is 7.57. The van der Waals surface area contributed by atoms with Crippen LogP contribution in [0, 0.1) is 0 Å². The summed E-state index contributed by atoms with van der Waals surface area (Å²) in [4.78, 5) is 27.4. The number of anilines is 1. The molecule has 1 aromatic carbocycles. The Balaban J connectivity index is 1.72. The van der Waals surface area contributed by atoms with Gasteiger partial charge in [-0.1, -0.05) is 18.2 Å². The number of nitrogens with one attached hydrogen (secondary N) is 1. The molecule has 1 fully saturated rings. The number of aliphatic hydroxyl groups excluding tert-OH is 1. The molecule has 128 valence electrons. The maximum absolute atomic E-state index is 12.2. The average molecular weight is 331 g/mol. The number of morpholine rings is 1. The summed E-state index contributed by atoms with van der Waals surface area (Å²) in [6.45, 7) is 3.72. The third-order valence-corrected chi connectivity index (χ3v) is 4.12. The third-order valence-electron chi connectivity index (χ3n) is 4.12. The Morgan fingerprint density at radius 2 is 1.92 bits per heavy atom. The van der Waals surface area contributed by atoms with Gasteiger partial charge < -0.3 is 15.2 Å². The fraction of sp³-hybridized carbons (Fsp3) is 0.412. The lowest BCUT2D eigenvalue weighted by Crippen LogP contribution is -2.36. The molecule has 7 heteroatoms. The van der Waals surface area contributed by atoms with E-state index in [0.717, 1.165) is 49.0 Å². The van der Waals surface area contributed by atoms with Crippen molar-refractivity contribution >= 4 is 17.5 Å². The van der Waals surface area contributed by atoms with Crippen molar-refractivity contribution in [2.45, 2.75) is 6.54 Å². The monoisotopic (exact) mass is 331 g/mol. The molecule has 0 unspecified atom stereocenters. The Morgan fingerprint density at radius 3 is 2.67 bits per heavy atom. The van der Waals surface area contributed by atoms with Crippen LogP contribution in [0.5, 0.6) is 0 Å². The molecule has 7 nitrogen and oxygen atoms in total. The number of ether oxygens (including phenoxy) is 1. The highest BCUT2D eigenvalue weighted by atomic mass is 16.5. The smallest absolute Gasteiger partial charge is 0.277 e. The zero-order valence-corrected chi connectivity index (χ0v) is 13.4. The highest BCUT2D eigenvalue weighted by molar-refractivity contribution is 6.17. The minimum Gasteiger partial charge on any atom is -0.395 e. The maximum Gasteiger partial charge on any atom is 0.277 e. The fourth-order valence-corrected chi connectivity index (χ4v) is 2.84. The van der Waals surface area contributed by atoms with Gasteiger partial charge in [-0.3, -0.25) is 19.4 Å². The lowest BCUT2D eigenvalue weighted by molar-refractivity contribution is -0.137. The number of rotatable bonds is 6. The molecule has 0 aromatic heterocycles. The number of para-hydroxylation sites is 1. The van der Waals surface area contributed by atoms with Gasteiger partial charge in [0.2, 0.25) is 0 Å². The molecule has 0 saturated carbocycles. The van der Waals surface area contributed by atoms with E-state index in [0.29, 0.717) is 0 Å². The van der Waals surface area contributed by atoms with Gasteiger partial charge in [0.1, 0.15) is 5.70 Å². The van der Waals surface area contributed by atoms with Crippen LogP contribution < -0.4 is 5.32 Å². The number of β-amino-alcohol motifs (C(OH)–C–C–N with tert-alkyl or cyclic N) is 1. The normalized spacial score (nSPS) is 18.9. The van der Waals surface area contributed by atoms with E-state index in [4.69, 9.17) is 9.84 Å². The molecule has 2 aliphatic rings. The first kappa shape index (κ1) is 16.6. The lowest BCUT2D eigenvalue weighted by Gasteiger charge is -2.27. The molecule has 2 N–H and O–H groups in total. The van der Waals surface area contributed by atoms with Gasteiger partial charge in [0.15, 0.2) is 0 Å². The molecular formula is C17H21N3O4. The summed E-state index contributed by atoms with van der Waals surface area (Å²) >= 11 is 0. The van der Waals surface area contributed by atoms with Crippen molar-refractivity contribution in [3.8, 4) is 0 Å². The number of carbonyl (C=O) groups excluding carboxylic acids is 2. The van der Waals surface area contributed by atoms with Crippen molar-refractivity contribution < 1.29 is 19.4 Å². The molecule has 24 heavy (non-hydrogen) atoms. The first-order valence-corrected chi connectivity index (χ1v) is 8.02. The Kier molecular flexibility index (Phi) is 5.24. The summed E-state index contributed by atoms with van der Waals surface area (Å²) in [6.07, 6.45) is 1.28. The van der Waals surface area contributed by atoms with Gasteiger partial charge in [-0.2, -0.15) is 0 Å². The van der Waals surface area contributed by atoms with Crippen molar-refractivity contribution in [2.24, 2.45) is 0 Å². The van der Waals surface area contributed by atoms with E-state index >= 15 is 0 Å². The number of aliphatic hydroxyl groups is 1. The number of imide groups is 1. The molecule has 0 atom stereocenters. The standard InChI is InChI=1S/C17H21N3O4/c21-8-5-20-16(22)11-15(17(20)23)18-14-4-2-1-3-13(14)12-19-6-9-24-10-7-19/h1-4,11,18,21H,5-10,12H2. The second-order valence-electron chi connectivity index (χ2n) is 5.75. The van der Waals surface area contributed by atoms with Crippen molar-refractivity contribution in [1.29, 1.82) is 0 Å². The van der Waals surface area contributed by atoms with Crippen molar-refractivity contribution in [3.63, 3.8) is 0 Å². The Morgan fingerprint density at radius 1 is 1.17 bits per heavy atom. The number of hydrogen-bond donors (Lipinski definition) is 2. The summed E-state index contributed by atoms with van der Waals surface area (Å²) in [5, 5.41) is 12.0. The van der Waals surface area contributed by atoms with Crippen LogP contribution in [0.1, 0.15) is 5.56 Å². The van der Waals surface area contributed by atoms with Crippen LogP contribution in [-0.4, -0.2) is 66.2 Å².